The Hall–Kier alpha value is -2.99. The van der Waals surface area contributed by atoms with Crippen LogP contribution in [-0.2, 0) is 12.2 Å². The number of hydrogen-bond donors (Lipinski definition) is 0. The van der Waals surface area contributed by atoms with Crippen LogP contribution in [0.3, 0.4) is 0 Å². The van der Waals surface area contributed by atoms with Crippen molar-refractivity contribution in [3.63, 3.8) is 0 Å². The van der Waals surface area contributed by atoms with Crippen molar-refractivity contribution in [2.24, 2.45) is 0 Å². The molecule has 1 aromatic heterocycles. The zero-order valence-corrected chi connectivity index (χ0v) is 16.7. The predicted molar refractivity (Wildman–Crippen MR) is 111 cm³/mol. The van der Waals surface area contributed by atoms with Crippen LogP contribution in [0.2, 0.25) is 0 Å². The quantitative estimate of drug-likeness (QED) is 0.382. The van der Waals surface area contributed by atoms with Crippen LogP contribution in [0, 0.1) is 18.6 Å². The molecule has 0 unspecified atom stereocenters. The summed E-state index contributed by atoms with van der Waals surface area (Å²) in [6, 6.07) is 22.1. The molecule has 0 amide bonds. The summed E-state index contributed by atoms with van der Waals surface area (Å²) in [6.07, 6.45) is 0.647. The van der Waals surface area contributed by atoms with E-state index in [1.54, 1.807) is 6.07 Å². The van der Waals surface area contributed by atoms with E-state index in [4.69, 9.17) is 0 Å². The fourth-order valence-electron chi connectivity index (χ4n) is 3.12. The van der Waals surface area contributed by atoms with Crippen LogP contribution in [0.25, 0.3) is 5.69 Å². The molecule has 0 saturated carbocycles. The van der Waals surface area contributed by atoms with E-state index in [0.29, 0.717) is 17.7 Å². The maximum absolute atomic E-state index is 13.5. The Balaban J connectivity index is 1.68. The normalized spacial score (nSPS) is 11.0. The Morgan fingerprint density at radius 2 is 1.59 bits per heavy atom. The molecule has 0 aliphatic rings. The second-order valence-corrected chi connectivity index (χ2v) is 7.66. The Morgan fingerprint density at radius 1 is 0.828 bits per heavy atom. The van der Waals surface area contributed by atoms with Crippen LogP contribution in [0.1, 0.15) is 22.5 Å². The fourth-order valence-corrected chi connectivity index (χ4v) is 4.03. The molecule has 0 N–H and O–H groups in total. The van der Waals surface area contributed by atoms with E-state index in [-0.39, 0.29) is 0 Å². The minimum absolute atomic E-state index is 0.465. The lowest BCUT2D eigenvalue weighted by atomic mass is 10.1. The molecule has 0 bridgehead atoms. The average Bonchev–Trinajstić information content (AvgIpc) is 3.12. The molecule has 3 nitrogen and oxygen atoms in total. The number of benzene rings is 3. The lowest BCUT2D eigenvalue weighted by Crippen LogP contribution is -2.05. The second kappa shape index (κ2) is 8.57. The monoisotopic (exact) mass is 407 g/mol. The molecule has 0 fully saturated rings. The molecule has 0 spiro atoms. The van der Waals surface area contributed by atoms with Crippen molar-refractivity contribution in [1.82, 2.24) is 14.8 Å². The molecule has 6 heteroatoms. The summed E-state index contributed by atoms with van der Waals surface area (Å²) in [5.74, 6) is -0.384. The van der Waals surface area contributed by atoms with Gasteiger partial charge in [0.2, 0.25) is 0 Å². The highest BCUT2D eigenvalue weighted by Crippen LogP contribution is 2.28. The Bertz CT molecular complexity index is 1130. The third kappa shape index (κ3) is 4.38. The number of halogens is 2. The van der Waals surface area contributed by atoms with E-state index >= 15 is 0 Å². The van der Waals surface area contributed by atoms with E-state index in [0.717, 1.165) is 33.9 Å². The summed E-state index contributed by atoms with van der Waals surface area (Å²) in [6.45, 7) is 2.05. The van der Waals surface area contributed by atoms with Crippen molar-refractivity contribution in [3.8, 4) is 5.69 Å². The molecule has 0 aliphatic carbocycles. The van der Waals surface area contributed by atoms with Gasteiger partial charge in [-0.1, -0.05) is 66.4 Å². The number of aromatic nitrogens is 3. The Morgan fingerprint density at radius 3 is 2.34 bits per heavy atom. The first-order valence-corrected chi connectivity index (χ1v) is 10.2. The van der Waals surface area contributed by atoms with Crippen LogP contribution in [0.4, 0.5) is 8.78 Å². The number of rotatable bonds is 6. The fraction of sp³-hybridized carbons (Fsp3) is 0.130. The van der Waals surface area contributed by atoms with Gasteiger partial charge in [0.15, 0.2) is 16.8 Å². The standard InChI is InChI=1S/C23H19F2N3S/c1-16-7-5-6-10-21(16)28-22(14-17-8-3-2-4-9-17)26-27-23(28)29-15-18-11-12-19(24)20(25)13-18/h2-13H,14-15H2,1H3. The number of aryl methyl sites for hydroxylation is 1. The van der Waals surface area contributed by atoms with Gasteiger partial charge < -0.3 is 0 Å². The minimum atomic E-state index is -0.841. The number of thioether (sulfide) groups is 1. The van der Waals surface area contributed by atoms with Gasteiger partial charge in [-0.3, -0.25) is 4.57 Å². The van der Waals surface area contributed by atoms with Crippen LogP contribution < -0.4 is 0 Å². The molecule has 0 radical (unpaired) electrons. The van der Waals surface area contributed by atoms with E-state index in [9.17, 15) is 8.78 Å². The lowest BCUT2D eigenvalue weighted by Gasteiger charge is -2.13. The topological polar surface area (TPSA) is 30.7 Å². The van der Waals surface area contributed by atoms with Gasteiger partial charge in [-0.2, -0.15) is 0 Å². The number of nitrogens with zero attached hydrogens (tertiary/aromatic N) is 3. The summed E-state index contributed by atoms with van der Waals surface area (Å²) in [7, 11) is 0. The summed E-state index contributed by atoms with van der Waals surface area (Å²) < 4.78 is 28.8. The van der Waals surface area contributed by atoms with Crippen molar-refractivity contribution >= 4 is 11.8 Å². The molecule has 146 valence electrons. The first-order valence-electron chi connectivity index (χ1n) is 9.23. The summed E-state index contributed by atoms with van der Waals surface area (Å²) in [5, 5.41) is 9.54. The summed E-state index contributed by atoms with van der Waals surface area (Å²) in [5.41, 5.74) is 3.96. The highest BCUT2D eigenvalue weighted by atomic mass is 32.2. The van der Waals surface area contributed by atoms with Crippen LogP contribution in [0.5, 0.6) is 0 Å². The van der Waals surface area contributed by atoms with Gasteiger partial charge in [0.25, 0.3) is 0 Å². The van der Waals surface area contributed by atoms with Gasteiger partial charge in [-0.05, 0) is 41.8 Å². The van der Waals surface area contributed by atoms with Crippen molar-refractivity contribution in [2.75, 3.05) is 0 Å². The van der Waals surface area contributed by atoms with E-state index in [1.165, 1.54) is 17.8 Å². The highest BCUT2D eigenvalue weighted by molar-refractivity contribution is 7.98. The molecule has 1 heterocycles. The summed E-state index contributed by atoms with van der Waals surface area (Å²) in [4.78, 5) is 0. The van der Waals surface area contributed by atoms with Crippen molar-refractivity contribution in [2.45, 2.75) is 24.3 Å². The van der Waals surface area contributed by atoms with Gasteiger partial charge in [0.05, 0.1) is 5.69 Å². The Labute approximate surface area is 172 Å². The lowest BCUT2D eigenvalue weighted by molar-refractivity contribution is 0.507. The largest absolute Gasteiger partial charge is 0.273 e. The Kier molecular flexibility index (Phi) is 5.71. The number of hydrogen-bond acceptors (Lipinski definition) is 3. The molecule has 29 heavy (non-hydrogen) atoms. The minimum Gasteiger partial charge on any atom is -0.273 e. The summed E-state index contributed by atoms with van der Waals surface area (Å²) >= 11 is 1.45. The first-order chi connectivity index (χ1) is 14.1. The van der Waals surface area contributed by atoms with E-state index in [2.05, 4.69) is 22.3 Å². The number of para-hydroxylation sites is 1. The van der Waals surface area contributed by atoms with E-state index < -0.39 is 11.6 Å². The molecular formula is C23H19F2N3S. The third-order valence-corrected chi connectivity index (χ3v) is 5.61. The predicted octanol–water partition coefficient (Wildman–Crippen LogP) is 5.74. The zero-order chi connectivity index (χ0) is 20.2. The SMILES string of the molecule is Cc1ccccc1-n1c(Cc2ccccc2)nnc1SCc1ccc(F)c(F)c1. The second-order valence-electron chi connectivity index (χ2n) is 6.72. The molecule has 3 aromatic carbocycles. The van der Waals surface area contributed by atoms with Crippen LogP contribution >= 0.6 is 11.8 Å². The average molecular weight is 407 g/mol. The van der Waals surface area contributed by atoms with Crippen molar-refractivity contribution in [3.05, 3.63) is 107 Å². The van der Waals surface area contributed by atoms with Crippen LogP contribution in [0.15, 0.2) is 78.0 Å². The van der Waals surface area contributed by atoms with E-state index in [1.807, 2.05) is 54.0 Å². The van der Waals surface area contributed by atoms with Gasteiger partial charge >= 0.3 is 0 Å². The van der Waals surface area contributed by atoms with Gasteiger partial charge in [0.1, 0.15) is 5.82 Å². The molecule has 0 saturated heterocycles. The zero-order valence-electron chi connectivity index (χ0n) is 15.8. The first kappa shape index (κ1) is 19.3. The highest BCUT2D eigenvalue weighted by Gasteiger charge is 2.16. The molecule has 0 aliphatic heterocycles. The third-order valence-electron chi connectivity index (χ3n) is 4.61. The van der Waals surface area contributed by atoms with Gasteiger partial charge in [-0.15, -0.1) is 10.2 Å². The van der Waals surface area contributed by atoms with Crippen molar-refractivity contribution < 1.29 is 8.78 Å². The maximum Gasteiger partial charge on any atom is 0.196 e. The molecule has 0 atom stereocenters. The van der Waals surface area contributed by atoms with Gasteiger partial charge in [-0.25, -0.2) is 8.78 Å². The molecule has 4 aromatic rings. The molecular weight excluding hydrogens is 388 g/mol. The van der Waals surface area contributed by atoms with Gasteiger partial charge in [0, 0.05) is 12.2 Å². The molecule has 4 rings (SSSR count). The van der Waals surface area contributed by atoms with Crippen LogP contribution in [-0.4, -0.2) is 14.8 Å². The van der Waals surface area contributed by atoms with Crippen molar-refractivity contribution in [1.29, 1.82) is 0 Å². The maximum atomic E-state index is 13.5. The smallest absolute Gasteiger partial charge is 0.196 e.